The minimum Gasteiger partial charge on any atom is -0.465 e. The van der Waals surface area contributed by atoms with E-state index in [1.807, 2.05) is 6.07 Å². The molecule has 1 amide bonds. The first-order chi connectivity index (χ1) is 12.1. The molecule has 2 aromatic carbocycles. The molecule has 0 unspecified atom stereocenters. The summed E-state index contributed by atoms with van der Waals surface area (Å²) in [6.45, 7) is -0.162. The van der Waals surface area contributed by atoms with Gasteiger partial charge in [0.15, 0.2) is 0 Å². The summed E-state index contributed by atoms with van der Waals surface area (Å²) in [5, 5.41) is 2.67. The Morgan fingerprint density at radius 3 is 2.76 bits per heavy atom. The number of carbonyl (C=O) groups excluding carboxylic acids is 2. The summed E-state index contributed by atoms with van der Waals surface area (Å²) in [6, 6.07) is 13.5. The summed E-state index contributed by atoms with van der Waals surface area (Å²) in [5.41, 5.74) is 1.61. The molecule has 7 heteroatoms. The fourth-order valence-corrected chi connectivity index (χ4v) is 2.46. The highest BCUT2D eigenvalue weighted by Crippen LogP contribution is 2.12. The van der Waals surface area contributed by atoms with Crippen molar-refractivity contribution in [1.82, 2.24) is 9.55 Å². The van der Waals surface area contributed by atoms with Gasteiger partial charge >= 0.3 is 5.97 Å². The number of para-hydroxylation sites is 2. The maximum atomic E-state index is 12.3. The molecule has 0 atom stereocenters. The lowest BCUT2D eigenvalue weighted by Crippen LogP contribution is -2.28. The fourth-order valence-electron chi connectivity index (χ4n) is 2.46. The van der Waals surface area contributed by atoms with Crippen molar-refractivity contribution < 1.29 is 14.3 Å². The van der Waals surface area contributed by atoms with Gasteiger partial charge in [-0.15, -0.1) is 0 Å². The molecule has 1 heterocycles. The molecule has 25 heavy (non-hydrogen) atoms. The van der Waals surface area contributed by atoms with Gasteiger partial charge in [0, 0.05) is 5.69 Å². The highest BCUT2D eigenvalue weighted by molar-refractivity contribution is 5.94. The largest absolute Gasteiger partial charge is 0.465 e. The molecular weight excluding hydrogens is 322 g/mol. The second kappa shape index (κ2) is 6.96. The monoisotopic (exact) mass is 337 g/mol. The van der Waals surface area contributed by atoms with Crippen LogP contribution in [0.5, 0.6) is 0 Å². The lowest BCUT2D eigenvalue weighted by atomic mass is 10.2. The second-order valence-corrected chi connectivity index (χ2v) is 5.29. The number of esters is 1. The molecule has 7 nitrogen and oxygen atoms in total. The van der Waals surface area contributed by atoms with Crippen molar-refractivity contribution in [3.63, 3.8) is 0 Å². The van der Waals surface area contributed by atoms with E-state index in [2.05, 4.69) is 15.0 Å². The summed E-state index contributed by atoms with van der Waals surface area (Å²) in [4.78, 5) is 40.0. The van der Waals surface area contributed by atoms with E-state index < -0.39 is 5.97 Å². The number of carbonyl (C=O) groups is 2. The van der Waals surface area contributed by atoms with Crippen LogP contribution >= 0.6 is 0 Å². The van der Waals surface area contributed by atoms with Crippen LogP contribution < -0.4 is 10.9 Å². The third-order valence-corrected chi connectivity index (χ3v) is 3.62. The van der Waals surface area contributed by atoms with Gasteiger partial charge in [0.05, 0.1) is 29.9 Å². The van der Waals surface area contributed by atoms with E-state index in [0.29, 0.717) is 22.3 Å². The van der Waals surface area contributed by atoms with Crippen molar-refractivity contribution in [3.05, 3.63) is 70.6 Å². The van der Waals surface area contributed by atoms with E-state index >= 15 is 0 Å². The molecule has 0 fully saturated rings. The van der Waals surface area contributed by atoms with Crippen LogP contribution in [0, 0.1) is 0 Å². The van der Waals surface area contributed by atoms with Gasteiger partial charge in [-0.05, 0) is 30.3 Å². The number of ether oxygens (including phenoxy) is 1. The topological polar surface area (TPSA) is 90.3 Å². The molecule has 0 saturated carbocycles. The molecule has 1 aromatic heterocycles. The van der Waals surface area contributed by atoms with Gasteiger partial charge in [0.25, 0.3) is 5.56 Å². The summed E-state index contributed by atoms with van der Waals surface area (Å²) in [7, 11) is 1.29. The quantitative estimate of drug-likeness (QED) is 0.734. The zero-order valence-electron chi connectivity index (χ0n) is 13.4. The highest BCUT2D eigenvalue weighted by Gasteiger charge is 2.11. The predicted molar refractivity (Wildman–Crippen MR) is 92.4 cm³/mol. The van der Waals surface area contributed by atoms with Crippen molar-refractivity contribution in [2.75, 3.05) is 12.4 Å². The van der Waals surface area contributed by atoms with Crippen molar-refractivity contribution in [1.29, 1.82) is 0 Å². The lowest BCUT2D eigenvalue weighted by Gasteiger charge is -2.10. The van der Waals surface area contributed by atoms with E-state index in [1.54, 1.807) is 36.4 Å². The summed E-state index contributed by atoms with van der Waals surface area (Å²) in [5.74, 6) is -0.882. The SMILES string of the molecule is COC(=O)c1cccc(NC(=O)Cn2c(=O)cnc3ccccc32)c1. The summed E-state index contributed by atoms with van der Waals surface area (Å²) >= 11 is 0. The van der Waals surface area contributed by atoms with Gasteiger partial charge in [-0.1, -0.05) is 18.2 Å². The Morgan fingerprint density at radius 1 is 1.16 bits per heavy atom. The first-order valence-corrected chi connectivity index (χ1v) is 7.51. The Kier molecular flexibility index (Phi) is 4.56. The number of hydrogen-bond donors (Lipinski definition) is 1. The Bertz CT molecular complexity index is 1010. The van der Waals surface area contributed by atoms with Gasteiger partial charge in [-0.25, -0.2) is 9.78 Å². The Morgan fingerprint density at radius 2 is 1.96 bits per heavy atom. The van der Waals surface area contributed by atoms with Crippen LogP contribution in [0.25, 0.3) is 11.0 Å². The number of benzene rings is 2. The molecule has 3 rings (SSSR count). The molecule has 0 aliphatic carbocycles. The minimum absolute atomic E-state index is 0.162. The Balaban J connectivity index is 1.83. The second-order valence-electron chi connectivity index (χ2n) is 5.29. The molecule has 0 bridgehead atoms. The zero-order valence-corrected chi connectivity index (χ0v) is 13.4. The first kappa shape index (κ1) is 16.4. The number of rotatable bonds is 4. The number of anilines is 1. The maximum absolute atomic E-state index is 12.3. The number of nitrogens with one attached hydrogen (secondary N) is 1. The molecule has 1 N–H and O–H groups in total. The van der Waals surface area contributed by atoms with Crippen molar-refractivity contribution >= 4 is 28.6 Å². The van der Waals surface area contributed by atoms with Crippen LogP contribution in [0.2, 0.25) is 0 Å². The molecule has 0 aliphatic rings. The van der Waals surface area contributed by atoms with Gasteiger partial charge in [-0.3, -0.25) is 14.2 Å². The van der Waals surface area contributed by atoms with Crippen molar-refractivity contribution in [3.8, 4) is 0 Å². The number of amides is 1. The van der Waals surface area contributed by atoms with E-state index in [9.17, 15) is 14.4 Å². The van der Waals surface area contributed by atoms with Crippen LogP contribution in [0.4, 0.5) is 5.69 Å². The fraction of sp³-hybridized carbons (Fsp3) is 0.111. The zero-order chi connectivity index (χ0) is 17.8. The number of hydrogen-bond acceptors (Lipinski definition) is 5. The number of fused-ring (bicyclic) bond motifs is 1. The Hall–Kier alpha value is -3.48. The minimum atomic E-state index is -0.493. The predicted octanol–water partition coefficient (Wildman–Crippen LogP) is 1.82. The van der Waals surface area contributed by atoms with E-state index in [4.69, 9.17) is 0 Å². The van der Waals surface area contributed by atoms with Gasteiger partial charge in [-0.2, -0.15) is 0 Å². The molecule has 0 radical (unpaired) electrons. The average molecular weight is 337 g/mol. The van der Waals surface area contributed by atoms with Crippen LogP contribution in [0.15, 0.2) is 59.5 Å². The lowest BCUT2D eigenvalue weighted by molar-refractivity contribution is -0.116. The van der Waals surface area contributed by atoms with E-state index in [-0.39, 0.29) is 18.0 Å². The van der Waals surface area contributed by atoms with Gasteiger partial charge < -0.3 is 10.1 Å². The Labute approximate surface area is 142 Å². The molecule has 0 saturated heterocycles. The third-order valence-electron chi connectivity index (χ3n) is 3.62. The molecule has 0 spiro atoms. The van der Waals surface area contributed by atoms with Gasteiger partial charge in [0.2, 0.25) is 5.91 Å². The molecule has 126 valence electrons. The van der Waals surface area contributed by atoms with Crippen molar-refractivity contribution in [2.45, 2.75) is 6.54 Å². The summed E-state index contributed by atoms with van der Waals surface area (Å²) in [6.07, 6.45) is 1.19. The number of aromatic nitrogens is 2. The summed E-state index contributed by atoms with van der Waals surface area (Å²) < 4.78 is 6.00. The van der Waals surface area contributed by atoms with Crippen LogP contribution in [0.3, 0.4) is 0 Å². The smallest absolute Gasteiger partial charge is 0.337 e. The first-order valence-electron chi connectivity index (χ1n) is 7.51. The van der Waals surface area contributed by atoms with Crippen LogP contribution in [-0.2, 0) is 16.1 Å². The normalized spacial score (nSPS) is 10.4. The van der Waals surface area contributed by atoms with Crippen molar-refractivity contribution in [2.24, 2.45) is 0 Å². The molecule has 3 aromatic rings. The standard InChI is InChI=1S/C18H15N3O4/c1-25-18(24)12-5-4-6-13(9-12)20-16(22)11-21-15-8-3-2-7-14(15)19-10-17(21)23/h2-10H,11H2,1H3,(H,20,22). The van der Waals surface area contributed by atoms with E-state index in [0.717, 1.165) is 0 Å². The average Bonchev–Trinajstić information content (AvgIpc) is 2.63. The van der Waals surface area contributed by atoms with Crippen LogP contribution in [-0.4, -0.2) is 28.5 Å². The van der Waals surface area contributed by atoms with E-state index in [1.165, 1.54) is 23.9 Å². The third kappa shape index (κ3) is 3.55. The number of nitrogens with zero attached hydrogens (tertiary/aromatic N) is 2. The highest BCUT2D eigenvalue weighted by atomic mass is 16.5. The molecule has 0 aliphatic heterocycles. The molecular formula is C18H15N3O4. The van der Waals surface area contributed by atoms with Crippen LogP contribution in [0.1, 0.15) is 10.4 Å². The number of methoxy groups -OCH3 is 1. The maximum Gasteiger partial charge on any atom is 0.337 e. The van der Waals surface area contributed by atoms with Gasteiger partial charge in [0.1, 0.15) is 6.54 Å².